The number of carbonyl (C=O) groups is 2. The van der Waals surface area contributed by atoms with Crippen molar-refractivity contribution in [3.63, 3.8) is 0 Å². The topological polar surface area (TPSA) is 61.4 Å². The highest BCUT2D eigenvalue weighted by molar-refractivity contribution is 6.39. The van der Waals surface area contributed by atoms with Crippen LogP contribution in [0.25, 0.3) is 0 Å². The Hall–Kier alpha value is -1.88. The van der Waals surface area contributed by atoms with E-state index < -0.39 is 11.8 Å². The van der Waals surface area contributed by atoms with Gasteiger partial charge >= 0.3 is 11.8 Å². The van der Waals surface area contributed by atoms with Crippen molar-refractivity contribution in [3.8, 4) is 0 Å². The lowest BCUT2D eigenvalue weighted by Crippen LogP contribution is -2.43. The van der Waals surface area contributed by atoms with E-state index in [9.17, 15) is 9.59 Å². The van der Waals surface area contributed by atoms with Gasteiger partial charge in [0.25, 0.3) is 0 Å². The molecule has 2 rings (SSSR count). The van der Waals surface area contributed by atoms with E-state index in [0.717, 1.165) is 25.9 Å². The van der Waals surface area contributed by atoms with Gasteiger partial charge in [0.15, 0.2) is 0 Å². The molecule has 1 fully saturated rings. The third-order valence-electron chi connectivity index (χ3n) is 4.44. The van der Waals surface area contributed by atoms with Gasteiger partial charge < -0.3 is 10.6 Å². The molecule has 1 aromatic rings. The van der Waals surface area contributed by atoms with Crippen LogP contribution in [0.5, 0.6) is 0 Å². The second-order valence-corrected chi connectivity index (χ2v) is 6.37. The Labute approximate surface area is 138 Å². The van der Waals surface area contributed by atoms with Crippen LogP contribution < -0.4 is 10.6 Å². The van der Waals surface area contributed by atoms with Gasteiger partial charge in [-0.3, -0.25) is 14.5 Å². The van der Waals surface area contributed by atoms with Crippen molar-refractivity contribution in [1.29, 1.82) is 0 Å². The summed E-state index contributed by atoms with van der Waals surface area (Å²) in [7, 11) is 0. The van der Waals surface area contributed by atoms with Crippen LogP contribution in [-0.2, 0) is 9.59 Å². The van der Waals surface area contributed by atoms with E-state index in [2.05, 4.69) is 36.3 Å². The number of likely N-dealkylation sites (N-methyl/N-ethyl adjacent to an activating group) is 1. The van der Waals surface area contributed by atoms with E-state index >= 15 is 0 Å². The average Bonchev–Trinajstić information content (AvgIpc) is 3.00. The number of nitrogens with one attached hydrogen (secondary N) is 2. The zero-order chi connectivity index (χ0) is 16.8. The highest BCUT2D eigenvalue weighted by Gasteiger charge is 2.24. The van der Waals surface area contributed by atoms with Gasteiger partial charge in [-0.1, -0.05) is 32.9 Å². The van der Waals surface area contributed by atoms with E-state index in [4.69, 9.17) is 0 Å². The van der Waals surface area contributed by atoms with Crippen LogP contribution in [0.4, 0.5) is 5.69 Å². The van der Waals surface area contributed by atoms with Crippen LogP contribution >= 0.6 is 0 Å². The largest absolute Gasteiger partial charge is 0.346 e. The lowest BCUT2D eigenvalue weighted by atomic mass is 10.0. The maximum absolute atomic E-state index is 12.0. The molecule has 0 saturated carbocycles. The first-order valence-electron chi connectivity index (χ1n) is 8.44. The van der Waals surface area contributed by atoms with Crippen LogP contribution in [0.2, 0.25) is 0 Å². The maximum Gasteiger partial charge on any atom is 0.313 e. The molecule has 0 aliphatic carbocycles. The van der Waals surface area contributed by atoms with Gasteiger partial charge in [-0.05, 0) is 49.5 Å². The number of hydrogen-bond donors (Lipinski definition) is 2. The summed E-state index contributed by atoms with van der Waals surface area (Å²) in [6, 6.07) is 7.94. The number of nitrogens with zero attached hydrogens (tertiary/aromatic N) is 1. The molecule has 1 atom stereocenters. The van der Waals surface area contributed by atoms with Gasteiger partial charge in [0.1, 0.15) is 0 Å². The number of likely N-dealkylation sites (tertiary alicyclic amines) is 1. The van der Waals surface area contributed by atoms with Crippen molar-refractivity contribution in [1.82, 2.24) is 10.2 Å². The average molecular weight is 317 g/mol. The predicted molar refractivity (Wildman–Crippen MR) is 92.4 cm³/mol. The SMILES string of the molecule is CCN1CCC[C@@H]1CNC(=O)C(=O)Nc1ccc(C(C)C)cc1. The number of anilines is 1. The summed E-state index contributed by atoms with van der Waals surface area (Å²) in [5.41, 5.74) is 1.85. The van der Waals surface area contributed by atoms with Gasteiger partial charge in [0.2, 0.25) is 0 Å². The highest BCUT2D eigenvalue weighted by Crippen LogP contribution is 2.17. The molecule has 0 bridgehead atoms. The minimum absolute atomic E-state index is 0.349. The molecule has 1 heterocycles. The zero-order valence-electron chi connectivity index (χ0n) is 14.3. The molecule has 1 aromatic carbocycles. The van der Waals surface area contributed by atoms with Crippen LogP contribution in [0.1, 0.15) is 45.1 Å². The van der Waals surface area contributed by atoms with Crippen LogP contribution in [0, 0.1) is 0 Å². The Morgan fingerprint density at radius 1 is 1.22 bits per heavy atom. The summed E-state index contributed by atoms with van der Waals surface area (Å²) in [6.45, 7) is 8.94. The molecule has 5 nitrogen and oxygen atoms in total. The molecule has 2 amide bonds. The van der Waals surface area contributed by atoms with Crippen molar-refractivity contribution in [2.24, 2.45) is 0 Å². The fourth-order valence-electron chi connectivity index (χ4n) is 2.97. The molecule has 23 heavy (non-hydrogen) atoms. The molecular weight excluding hydrogens is 290 g/mol. The monoisotopic (exact) mass is 317 g/mol. The third kappa shape index (κ3) is 4.79. The number of amides is 2. The first kappa shape index (κ1) is 17.5. The molecule has 2 N–H and O–H groups in total. The van der Waals surface area contributed by atoms with Crippen molar-refractivity contribution < 1.29 is 9.59 Å². The number of carbonyl (C=O) groups excluding carboxylic acids is 2. The quantitative estimate of drug-likeness (QED) is 0.820. The fraction of sp³-hybridized carbons (Fsp3) is 0.556. The Bertz CT molecular complexity index is 540. The third-order valence-corrected chi connectivity index (χ3v) is 4.44. The van der Waals surface area contributed by atoms with E-state index in [1.54, 1.807) is 0 Å². The number of rotatable bonds is 5. The Morgan fingerprint density at radius 3 is 2.52 bits per heavy atom. The molecular formula is C18H27N3O2. The second kappa shape index (κ2) is 8.11. The maximum atomic E-state index is 12.0. The van der Waals surface area contributed by atoms with Crippen molar-refractivity contribution in [2.45, 2.75) is 45.6 Å². The zero-order valence-corrected chi connectivity index (χ0v) is 14.3. The van der Waals surface area contributed by atoms with Gasteiger partial charge in [-0.2, -0.15) is 0 Å². The molecule has 1 aliphatic rings. The van der Waals surface area contributed by atoms with Crippen LogP contribution in [0.3, 0.4) is 0 Å². The highest BCUT2D eigenvalue weighted by atomic mass is 16.2. The van der Waals surface area contributed by atoms with E-state index in [0.29, 0.717) is 24.2 Å². The van der Waals surface area contributed by atoms with Gasteiger partial charge in [0, 0.05) is 18.3 Å². The summed E-state index contributed by atoms with van der Waals surface area (Å²) in [4.78, 5) is 26.2. The first-order valence-corrected chi connectivity index (χ1v) is 8.44. The van der Waals surface area contributed by atoms with Gasteiger partial charge in [-0.25, -0.2) is 0 Å². The fourth-order valence-corrected chi connectivity index (χ4v) is 2.97. The smallest absolute Gasteiger partial charge is 0.313 e. The molecule has 1 saturated heterocycles. The Kier molecular flexibility index (Phi) is 6.16. The predicted octanol–water partition coefficient (Wildman–Crippen LogP) is 2.35. The lowest BCUT2D eigenvalue weighted by Gasteiger charge is -2.22. The molecule has 0 unspecified atom stereocenters. The summed E-state index contributed by atoms with van der Waals surface area (Å²) >= 11 is 0. The molecule has 1 aliphatic heterocycles. The minimum Gasteiger partial charge on any atom is -0.346 e. The van der Waals surface area contributed by atoms with E-state index in [1.165, 1.54) is 5.56 Å². The minimum atomic E-state index is -0.608. The molecule has 5 heteroatoms. The summed E-state index contributed by atoms with van der Waals surface area (Å²) < 4.78 is 0. The first-order chi connectivity index (χ1) is 11.0. The van der Waals surface area contributed by atoms with Crippen LogP contribution in [-0.4, -0.2) is 42.4 Å². The second-order valence-electron chi connectivity index (χ2n) is 6.37. The van der Waals surface area contributed by atoms with E-state index in [1.807, 2.05) is 24.3 Å². The molecule has 0 radical (unpaired) electrons. The molecule has 126 valence electrons. The Balaban J connectivity index is 1.81. The van der Waals surface area contributed by atoms with Crippen molar-refractivity contribution in [3.05, 3.63) is 29.8 Å². The summed E-state index contributed by atoms with van der Waals surface area (Å²) in [5, 5.41) is 5.39. The van der Waals surface area contributed by atoms with E-state index in [-0.39, 0.29) is 0 Å². The Morgan fingerprint density at radius 2 is 1.91 bits per heavy atom. The van der Waals surface area contributed by atoms with Crippen molar-refractivity contribution >= 4 is 17.5 Å². The van der Waals surface area contributed by atoms with Gasteiger partial charge in [0.05, 0.1) is 0 Å². The normalized spacial score (nSPS) is 18.2. The summed E-state index contributed by atoms with van der Waals surface area (Å²) in [6.07, 6.45) is 2.23. The summed E-state index contributed by atoms with van der Waals surface area (Å²) in [5.74, 6) is -0.736. The van der Waals surface area contributed by atoms with Gasteiger partial charge in [-0.15, -0.1) is 0 Å². The molecule has 0 aromatic heterocycles. The number of hydrogen-bond acceptors (Lipinski definition) is 3. The number of benzene rings is 1. The van der Waals surface area contributed by atoms with Crippen molar-refractivity contribution in [2.75, 3.05) is 25.0 Å². The lowest BCUT2D eigenvalue weighted by molar-refractivity contribution is -0.136. The molecule has 0 spiro atoms. The standard InChI is InChI=1S/C18H27N3O2/c1-4-21-11-5-6-16(21)12-19-17(22)18(23)20-15-9-7-14(8-10-15)13(2)3/h7-10,13,16H,4-6,11-12H2,1-3H3,(H,19,22)(H,20,23)/t16-/m1/s1. The van der Waals surface area contributed by atoms with Crippen LogP contribution in [0.15, 0.2) is 24.3 Å².